The average molecular weight is 336 g/mol. The Morgan fingerprint density at radius 2 is 1.91 bits per heavy atom. The molecule has 0 aromatic rings. The minimum absolute atomic E-state index is 0.0634. The molecule has 1 fully saturated rings. The van der Waals surface area contributed by atoms with Crippen molar-refractivity contribution < 1.29 is 27.5 Å². The van der Waals surface area contributed by atoms with Gasteiger partial charge in [-0.2, -0.15) is 0 Å². The van der Waals surface area contributed by atoms with Crippen LogP contribution in [0.15, 0.2) is 0 Å². The summed E-state index contributed by atoms with van der Waals surface area (Å²) >= 11 is 0. The molecular formula is C13H24N2O6S. The van der Waals surface area contributed by atoms with E-state index in [2.05, 4.69) is 9.46 Å². The highest BCUT2D eigenvalue weighted by atomic mass is 32.2. The second-order valence-corrected chi connectivity index (χ2v) is 8.17. The fraction of sp³-hybridized carbons (Fsp3) is 0.846. The number of nitrogens with zero attached hydrogens (tertiary/aromatic N) is 1. The molecule has 2 atom stereocenters. The van der Waals surface area contributed by atoms with E-state index in [1.807, 2.05) is 0 Å². The third-order valence-electron chi connectivity index (χ3n) is 3.13. The molecule has 0 spiro atoms. The molecule has 9 heteroatoms. The molecule has 1 N–H and O–H groups in total. The van der Waals surface area contributed by atoms with Crippen LogP contribution in [0.1, 0.15) is 34.1 Å². The zero-order valence-electron chi connectivity index (χ0n) is 13.6. The van der Waals surface area contributed by atoms with E-state index >= 15 is 0 Å². The molecule has 8 nitrogen and oxygen atoms in total. The van der Waals surface area contributed by atoms with E-state index in [0.717, 1.165) is 0 Å². The van der Waals surface area contributed by atoms with Crippen LogP contribution in [-0.4, -0.2) is 62.5 Å². The maximum absolute atomic E-state index is 12.2. The van der Waals surface area contributed by atoms with Crippen molar-refractivity contribution in [1.82, 2.24) is 9.62 Å². The van der Waals surface area contributed by atoms with Crippen molar-refractivity contribution in [2.75, 3.05) is 19.4 Å². The highest BCUT2D eigenvalue weighted by Gasteiger charge is 2.43. The second-order valence-electron chi connectivity index (χ2n) is 6.13. The van der Waals surface area contributed by atoms with Gasteiger partial charge in [-0.3, -0.25) is 4.90 Å². The minimum atomic E-state index is -3.42. The van der Waals surface area contributed by atoms with Crippen molar-refractivity contribution in [2.24, 2.45) is 0 Å². The minimum Gasteiger partial charge on any atom is -0.467 e. The zero-order valence-corrected chi connectivity index (χ0v) is 14.4. The predicted molar refractivity (Wildman–Crippen MR) is 79.7 cm³/mol. The number of methoxy groups -OCH3 is 1. The largest absolute Gasteiger partial charge is 0.467 e. The summed E-state index contributed by atoms with van der Waals surface area (Å²) in [5.41, 5.74) is -0.710. The van der Waals surface area contributed by atoms with Crippen LogP contribution in [0.25, 0.3) is 0 Å². The van der Waals surface area contributed by atoms with Gasteiger partial charge in [0.05, 0.1) is 12.9 Å². The summed E-state index contributed by atoms with van der Waals surface area (Å²) in [5.74, 6) is -0.664. The van der Waals surface area contributed by atoms with Crippen LogP contribution < -0.4 is 4.72 Å². The molecule has 1 rings (SSSR count). The van der Waals surface area contributed by atoms with Crippen LogP contribution in [0.2, 0.25) is 0 Å². The van der Waals surface area contributed by atoms with E-state index in [9.17, 15) is 18.0 Å². The molecule has 22 heavy (non-hydrogen) atoms. The van der Waals surface area contributed by atoms with Crippen molar-refractivity contribution in [3.8, 4) is 0 Å². The normalized spacial score (nSPS) is 22.5. The summed E-state index contributed by atoms with van der Waals surface area (Å²) < 4.78 is 35.7. The molecule has 0 saturated carbocycles. The van der Waals surface area contributed by atoms with Crippen LogP contribution >= 0.6 is 0 Å². The second kappa shape index (κ2) is 6.82. The van der Waals surface area contributed by atoms with Gasteiger partial charge >= 0.3 is 12.1 Å². The van der Waals surface area contributed by atoms with Gasteiger partial charge in [0.25, 0.3) is 0 Å². The fourth-order valence-electron chi connectivity index (χ4n) is 2.14. The molecule has 1 aliphatic rings. The van der Waals surface area contributed by atoms with Gasteiger partial charge in [0, 0.05) is 12.6 Å². The summed E-state index contributed by atoms with van der Waals surface area (Å²) in [6, 6.07) is -1.40. The van der Waals surface area contributed by atoms with Gasteiger partial charge in [-0.15, -0.1) is 0 Å². The summed E-state index contributed by atoms with van der Waals surface area (Å²) in [5, 5.41) is 0. The molecule has 1 amide bonds. The Morgan fingerprint density at radius 3 is 2.36 bits per heavy atom. The Morgan fingerprint density at radius 1 is 1.32 bits per heavy atom. The van der Waals surface area contributed by atoms with Crippen molar-refractivity contribution in [3.63, 3.8) is 0 Å². The smallest absolute Gasteiger partial charge is 0.411 e. The number of esters is 1. The average Bonchev–Trinajstić information content (AvgIpc) is 2.79. The van der Waals surface area contributed by atoms with E-state index in [0.29, 0.717) is 0 Å². The van der Waals surface area contributed by atoms with E-state index in [1.54, 1.807) is 20.8 Å². The van der Waals surface area contributed by atoms with Crippen LogP contribution in [0.4, 0.5) is 4.79 Å². The first-order valence-electron chi connectivity index (χ1n) is 7.06. The Bertz CT molecular complexity index is 525. The van der Waals surface area contributed by atoms with E-state index in [1.165, 1.54) is 18.9 Å². The number of nitrogens with one attached hydrogen (secondary N) is 1. The monoisotopic (exact) mass is 336 g/mol. The van der Waals surface area contributed by atoms with Crippen LogP contribution in [0.5, 0.6) is 0 Å². The van der Waals surface area contributed by atoms with Crippen molar-refractivity contribution in [2.45, 2.75) is 51.8 Å². The molecule has 0 radical (unpaired) electrons. The first kappa shape index (κ1) is 18.7. The molecular weight excluding hydrogens is 312 g/mol. The molecule has 128 valence electrons. The number of likely N-dealkylation sites (tertiary alicyclic amines) is 1. The van der Waals surface area contributed by atoms with E-state index in [4.69, 9.17) is 4.74 Å². The fourth-order valence-corrected chi connectivity index (χ4v) is 2.99. The van der Waals surface area contributed by atoms with Crippen molar-refractivity contribution in [1.29, 1.82) is 0 Å². The molecule has 0 aromatic carbocycles. The maximum atomic E-state index is 12.2. The number of ether oxygens (including phenoxy) is 2. The van der Waals surface area contributed by atoms with E-state index < -0.39 is 39.8 Å². The first-order valence-corrected chi connectivity index (χ1v) is 8.71. The van der Waals surface area contributed by atoms with Gasteiger partial charge < -0.3 is 9.47 Å². The molecule has 1 heterocycles. The molecule has 0 unspecified atom stereocenters. The van der Waals surface area contributed by atoms with Gasteiger partial charge in [0.2, 0.25) is 10.0 Å². The highest BCUT2D eigenvalue weighted by Crippen LogP contribution is 2.22. The Labute approximate surface area is 131 Å². The lowest BCUT2D eigenvalue weighted by molar-refractivity contribution is -0.145. The van der Waals surface area contributed by atoms with Gasteiger partial charge in [-0.05, 0) is 34.1 Å². The van der Waals surface area contributed by atoms with Crippen LogP contribution in [0, 0.1) is 0 Å². The van der Waals surface area contributed by atoms with Crippen molar-refractivity contribution >= 4 is 22.1 Å². The van der Waals surface area contributed by atoms with Gasteiger partial charge in [-0.1, -0.05) is 0 Å². The molecule has 1 saturated heterocycles. The Balaban J connectivity index is 2.89. The molecule has 1 aliphatic heterocycles. The third kappa shape index (κ3) is 5.13. The predicted octanol–water partition coefficient (Wildman–Crippen LogP) is 0.477. The van der Waals surface area contributed by atoms with E-state index in [-0.39, 0.29) is 18.7 Å². The first-order chi connectivity index (χ1) is 9.99. The SMILES string of the molecule is CCS(=O)(=O)N[C@H]1C[C@@H](C(=O)OC)N(C(=O)OC(C)(C)C)C1. The summed E-state index contributed by atoms with van der Waals surface area (Å²) in [4.78, 5) is 25.2. The van der Waals surface area contributed by atoms with Gasteiger partial charge in [0.1, 0.15) is 11.6 Å². The number of hydrogen-bond acceptors (Lipinski definition) is 6. The highest BCUT2D eigenvalue weighted by molar-refractivity contribution is 7.89. The molecule has 0 aliphatic carbocycles. The topological polar surface area (TPSA) is 102 Å². The zero-order chi connectivity index (χ0) is 17.1. The molecule has 0 aromatic heterocycles. The standard InChI is InChI=1S/C13H24N2O6S/c1-6-22(18,19)14-9-7-10(11(16)20-5)15(8-9)12(17)21-13(2,3)4/h9-10,14H,6-8H2,1-5H3/t9-,10-/m0/s1. The van der Waals surface area contributed by atoms with Crippen LogP contribution in [0.3, 0.4) is 0 Å². The summed E-state index contributed by atoms with van der Waals surface area (Å²) in [6.07, 6.45) is -0.508. The lowest BCUT2D eigenvalue weighted by Crippen LogP contribution is -2.44. The lowest BCUT2D eigenvalue weighted by atomic mass is 10.2. The quantitative estimate of drug-likeness (QED) is 0.749. The number of rotatable bonds is 4. The summed E-state index contributed by atoms with van der Waals surface area (Å²) in [7, 11) is -2.20. The van der Waals surface area contributed by atoms with Crippen LogP contribution in [-0.2, 0) is 24.3 Å². The summed E-state index contributed by atoms with van der Waals surface area (Å²) in [6.45, 7) is 6.72. The Hall–Kier alpha value is -1.35. The number of carbonyl (C=O) groups is 2. The van der Waals surface area contributed by atoms with Crippen molar-refractivity contribution in [3.05, 3.63) is 0 Å². The lowest BCUT2D eigenvalue weighted by Gasteiger charge is -2.27. The number of sulfonamides is 1. The molecule has 0 bridgehead atoms. The van der Waals surface area contributed by atoms with Gasteiger partial charge in [-0.25, -0.2) is 22.7 Å². The Kier molecular flexibility index (Phi) is 5.80. The third-order valence-corrected chi connectivity index (χ3v) is 4.58. The number of hydrogen-bond donors (Lipinski definition) is 1. The maximum Gasteiger partial charge on any atom is 0.411 e. The number of amides is 1. The van der Waals surface area contributed by atoms with Gasteiger partial charge in [0.15, 0.2) is 0 Å². The number of carbonyl (C=O) groups excluding carboxylic acids is 2.